The molecule has 0 heterocycles. The molecule has 0 unspecified atom stereocenters. The van der Waals surface area contributed by atoms with Gasteiger partial charge in [-0.05, 0) is 0 Å². The summed E-state index contributed by atoms with van der Waals surface area (Å²) < 4.78 is 34.0. The van der Waals surface area contributed by atoms with E-state index in [1.165, 1.54) is 0 Å². The Bertz CT molecular complexity index is 132. The normalized spacial score (nSPS) is 10.2. The van der Waals surface area contributed by atoms with Crippen LogP contribution in [0.5, 0.6) is 0 Å². The number of halogens is 3. The van der Waals surface area contributed by atoms with E-state index in [1.807, 2.05) is 0 Å². The molecule has 0 aromatic carbocycles. The fourth-order valence-electron chi connectivity index (χ4n) is 0.327. The van der Waals surface area contributed by atoms with Gasteiger partial charge in [0.1, 0.15) is 0 Å². The van der Waals surface area contributed by atoms with Gasteiger partial charge >= 0.3 is 35.7 Å². The van der Waals surface area contributed by atoms with Gasteiger partial charge in [0.25, 0.3) is 0 Å². The molecule has 0 aromatic heterocycles. The Balaban J connectivity index is -0.000000405. The van der Waals surface area contributed by atoms with Gasteiger partial charge in [-0.2, -0.15) is 13.2 Å². The van der Waals surface area contributed by atoms with Crippen LogP contribution in [0.1, 0.15) is 14.3 Å². The fraction of sp³-hybridized carbons (Fsp3) is 0.750. The number of carbonyl (C=O) groups excluding carboxylic acids is 1. The van der Waals surface area contributed by atoms with Crippen molar-refractivity contribution in [3.8, 4) is 0 Å². The molecule has 62 valence electrons. The summed E-state index contributed by atoms with van der Waals surface area (Å²) in [6.45, 7) is 0. The summed E-state index contributed by atoms with van der Waals surface area (Å²) in [5.41, 5.74) is 1.60. The maximum atomic E-state index is 11.3. The molecule has 3 nitrogen and oxygen atoms in total. The molecule has 0 aromatic rings. The zero-order valence-electron chi connectivity index (χ0n) is 7.03. The van der Waals surface area contributed by atoms with Crippen molar-refractivity contribution in [1.29, 1.82) is 0 Å². The van der Waals surface area contributed by atoms with Crippen LogP contribution in [0.3, 0.4) is 0 Å². The van der Waals surface area contributed by atoms with Crippen LogP contribution < -0.4 is 40.8 Å². The predicted molar refractivity (Wildman–Crippen MR) is 28.7 cm³/mol. The Morgan fingerprint density at radius 1 is 1.55 bits per heavy atom. The van der Waals surface area contributed by atoms with Crippen molar-refractivity contribution < 1.29 is 48.9 Å². The number of amides is 1. The van der Waals surface area contributed by atoms with Crippen LogP contribution in [-0.4, -0.2) is 12.1 Å². The van der Waals surface area contributed by atoms with E-state index in [4.69, 9.17) is 0 Å². The molecule has 3 N–H and O–H groups in total. The van der Waals surface area contributed by atoms with Gasteiger partial charge in [-0.1, -0.05) is 0 Å². The van der Waals surface area contributed by atoms with Crippen LogP contribution in [0.25, 0.3) is 0 Å². The molecular formula is C4H8F3N2NaO. The first-order valence-electron chi connectivity index (χ1n) is 2.52. The smallest absolute Gasteiger partial charge is 1.00 e. The zero-order chi connectivity index (χ0) is 8.20. The minimum Gasteiger partial charge on any atom is -1.00 e. The third kappa shape index (κ3) is 10.2. The number of hydrogen-bond acceptors (Lipinski definition) is 2. The number of nitrogens with one attached hydrogen (secondary N) is 1. The Labute approximate surface area is 85.3 Å². The SMILES string of the molecule is NNC(=O)CCC(F)(F)F.[H-].[Na+]. The molecule has 0 aliphatic heterocycles. The van der Waals surface area contributed by atoms with Crippen molar-refractivity contribution in [2.75, 3.05) is 0 Å². The minimum absolute atomic E-state index is 0. The van der Waals surface area contributed by atoms with Crippen molar-refractivity contribution in [3.63, 3.8) is 0 Å². The van der Waals surface area contributed by atoms with E-state index in [9.17, 15) is 18.0 Å². The summed E-state index contributed by atoms with van der Waals surface area (Å²) in [4.78, 5) is 10.1. The first kappa shape index (κ1) is 13.8. The Hall–Kier alpha value is 0.220. The molecule has 0 spiro atoms. The third-order valence-electron chi connectivity index (χ3n) is 0.797. The van der Waals surface area contributed by atoms with Gasteiger partial charge < -0.3 is 1.43 Å². The average molecular weight is 180 g/mol. The molecule has 11 heavy (non-hydrogen) atoms. The number of rotatable bonds is 2. The van der Waals surface area contributed by atoms with Gasteiger partial charge in [0.05, 0.1) is 6.42 Å². The molecular weight excluding hydrogens is 172 g/mol. The summed E-state index contributed by atoms with van der Waals surface area (Å²) in [7, 11) is 0. The van der Waals surface area contributed by atoms with E-state index in [1.54, 1.807) is 5.43 Å². The largest absolute Gasteiger partial charge is 1.00 e. The van der Waals surface area contributed by atoms with Gasteiger partial charge in [-0.15, -0.1) is 0 Å². The fourth-order valence-corrected chi connectivity index (χ4v) is 0.327. The second-order valence-electron chi connectivity index (χ2n) is 1.68. The van der Waals surface area contributed by atoms with Crippen LogP contribution in [0.4, 0.5) is 13.2 Å². The summed E-state index contributed by atoms with van der Waals surface area (Å²) in [6, 6.07) is 0. The molecule has 7 heteroatoms. The number of nitrogens with two attached hydrogens (primary N) is 1. The van der Waals surface area contributed by atoms with Gasteiger partial charge in [0.2, 0.25) is 5.91 Å². The van der Waals surface area contributed by atoms with E-state index in [0.717, 1.165) is 0 Å². The number of carbonyl (C=O) groups is 1. The van der Waals surface area contributed by atoms with Crippen LogP contribution in [0.15, 0.2) is 0 Å². The van der Waals surface area contributed by atoms with Crippen LogP contribution >= 0.6 is 0 Å². The number of hydrogen-bond donors (Lipinski definition) is 2. The van der Waals surface area contributed by atoms with E-state index in [2.05, 4.69) is 5.84 Å². The first-order chi connectivity index (χ1) is 4.45. The van der Waals surface area contributed by atoms with Gasteiger partial charge in [-0.25, -0.2) is 5.84 Å². The van der Waals surface area contributed by atoms with Gasteiger partial charge in [0, 0.05) is 6.42 Å². The van der Waals surface area contributed by atoms with E-state index in [-0.39, 0.29) is 31.0 Å². The second-order valence-corrected chi connectivity index (χ2v) is 1.68. The Morgan fingerprint density at radius 2 is 2.00 bits per heavy atom. The summed E-state index contributed by atoms with van der Waals surface area (Å²) >= 11 is 0. The Morgan fingerprint density at radius 3 is 2.27 bits per heavy atom. The first-order valence-corrected chi connectivity index (χ1v) is 2.52. The molecule has 1 amide bonds. The van der Waals surface area contributed by atoms with Crippen LogP contribution in [0.2, 0.25) is 0 Å². The molecule has 0 aliphatic rings. The molecule has 0 saturated carbocycles. The maximum Gasteiger partial charge on any atom is 1.00 e. The summed E-state index contributed by atoms with van der Waals surface area (Å²) in [5, 5.41) is 0. The van der Waals surface area contributed by atoms with Crippen LogP contribution in [-0.2, 0) is 4.79 Å². The predicted octanol–water partition coefficient (Wildman–Crippen LogP) is -2.56. The summed E-state index contributed by atoms with van der Waals surface area (Å²) in [6.07, 6.45) is -6.03. The van der Waals surface area contributed by atoms with Crippen molar-refractivity contribution in [3.05, 3.63) is 0 Å². The van der Waals surface area contributed by atoms with Crippen molar-refractivity contribution in [2.45, 2.75) is 19.0 Å². The summed E-state index contributed by atoms with van der Waals surface area (Å²) in [5.74, 6) is 3.73. The molecule has 0 saturated heterocycles. The molecule has 0 fully saturated rings. The van der Waals surface area contributed by atoms with Gasteiger partial charge in [0.15, 0.2) is 0 Å². The number of alkyl halides is 3. The maximum absolute atomic E-state index is 11.3. The molecule has 0 atom stereocenters. The Kier molecular flexibility index (Phi) is 7.29. The quantitative estimate of drug-likeness (QED) is 0.212. The van der Waals surface area contributed by atoms with Crippen LogP contribution in [0, 0.1) is 0 Å². The zero-order valence-corrected chi connectivity index (χ0v) is 8.03. The molecule has 0 radical (unpaired) electrons. The van der Waals surface area contributed by atoms with Crippen molar-refractivity contribution in [2.24, 2.45) is 5.84 Å². The minimum atomic E-state index is -4.29. The van der Waals surface area contributed by atoms with Crippen molar-refractivity contribution in [1.82, 2.24) is 5.43 Å². The third-order valence-corrected chi connectivity index (χ3v) is 0.797. The molecule has 0 rings (SSSR count). The monoisotopic (exact) mass is 180 g/mol. The van der Waals surface area contributed by atoms with Gasteiger partial charge in [-0.3, -0.25) is 10.2 Å². The molecule has 0 bridgehead atoms. The van der Waals surface area contributed by atoms with E-state index >= 15 is 0 Å². The second kappa shape index (κ2) is 5.82. The molecule has 0 aliphatic carbocycles. The number of hydrazine groups is 1. The standard InChI is InChI=1S/C4H7F3N2O.Na.H/c5-4(6,7)2-1-3(10)9-8;;/h1-2,8H2,(H,9,10);;/q;+1;-1. The van der Waals surface area contributed by atoms with Crippen molar-refractivity contribution >= 4 is 5.91 Å². The topological polar surface area (TPSA) is 55.1 Å². The van der Waals surface area contributed by atoms with E-state index in [0.29, 0.717) is 0 Å². The average Bonchev–Trinajstić information content (AvgIpc) is 1.81. The van der Waals surface area contributed by atoms with E-state index < -0.39 is 24.9 Å².